The molecule has 0 aromatic heterocycles. The van der Waals surface area contributed by atoms with Crippen LogP contribution in [0, 0.1) is 0 Å². The van der Waals surface area contributed by atoms with Crippen LogP contribution >= 0.6 is 23.2 Å². The summed E-state index contributed by atoms with van der Waals surface area (Å²) in [5.41, 5.74) is 1.01. The van der Waals surface area contributed by atoms with Gasteiger partial charge in [-0.25, -0.2) is 0 Å². The summed E-state index contributed by atoms with van der Waals surface area (Å²) in [6.45, 7) is 6.51. The minimum atomic E-state index is -0.241. The third kappa shape index (κ3) is 4.37. The Balaban J connectivity index is 2.71. The Morgan fingerprint density at radius 1 is 1.32 bits per heavy atom. The molecular formula is C14H20Cl2N2O. The molecule has 0 aliphatic carbocycles. The fourth-order valence-corrected chi connectivity index (χ4v) is 2.12. The first kappa shape index (κ1) is 16.3. The average molecular weight is 303 g/mol. The van der Waals surface area contributed by atoms with Crippen molar-refractivity contribution in [1.29, 1.82) is 0 Å². The third-order valence-electron chi connectivity index (χ3n) is 3.16. The van der Waals surface area contributed by atoms with E-state index < -0.39 is 0 Å². The number of nitrogens with zero attached hydrogens (tertiary/aromatic N) is 1. The molecule has 0 bridgehead atoms. The molecule has 2 unspecified atom stereocenters. The van der Waals surface area contributed by atoms with Gasteiger partial charge in [0.25, 0.3) is 0 Å². The zero-order chi connectivity index (χ0) is 14.6. The summed E-state index contributed by atoms with van der Waals surface area (Å²) >= 11 is 11.9. The van der Waals surface area contributed by atoms with Crippen LogP contribution in [0.3, 0.4) is 0 Å². The molecule has 2 atom stereocenters. The van der Waals surface area contributed by atoms with Gasteiger partial charge >= 0.3 is 0 Å². The van der Waals surface area contributed by atoms with Crippen molar-refractivity contribution in [2.45, 2.75) is 32.9 Å². The molecule has 0 saturated heterocycles. The van der Waals surface area contributed by atoms with Gasteiger partial charge < -0.3 is 4.90 Å². The number of hydrogen-bond donors (Lipinski definition) is 1. The van der Waals surface area contributed by atoms with Gasteiger partial charge in [0.2, 0.25) is 5.91 Å². The first-order valence-electron chi connectivity index (χ1n) is 6.32. The second-order valence-electron chi connectivity index (χ2n) is 4.64. The van der Waals surface area contributed by atoms with Crippen molar-refractivity contribution in [2.75, 3.05) is 13.6 Å². The van der Waals surface area contributed by atoms with Crippen LogP contribution in [0.2, 0.25) is 10.0 Å². The highest BCUT2D eigenvalue weighted by Gasteiger charge is 2.19. The molecular weight excluding hydrogens is 283 g/mol. The molecule has 0 fully saturated rings. The number of carbonyl (C=O) groups is 1. The third-order valence-corrected chi connectivity index (χ3v) is 3.90. The minimum absolute atomic E-state index is 0.0268. The SMILES string of the molecule is CCN(C)C(=O)C(C)NC(C)c1ccc(Cl)c(Cl)c1. The summed E-state index contributed by atoms with van der Waals surface area (Å²) in [7, 11) is 1.80. The molecule has 1 N–H and O–H groups in total. The Morgan fingerprint density at radius 3 is 2.47 bits per heavy atom. The lowest BCUT2D eigenvalue weighted by Crippen LogP contribution is -2.43. The number of halogens is 2. The van der Waals surface area contributed by atoms with Crippen LogP contribution in [-0.4, -0.2) is 30.4 Å². The number of amides is 1. The number of rotatable bonds is 5. The Kier molecular flexibility index (Phi) is 6.11. The molecule has 0 heterocycles. The summed E-state index contributed by atoms with van der Waals surface area (Å²) in [6.07, 6.45) is 0. The minimum Gasteiger partial charge on any atom is -0.345 e. The highest BCUT2D eigenvalue weighted by atomic mass is 35.5. The molecule has 1 aromatic rings. The highest BCUT2D eigenvalue weighted by molar-refractivity contribution is 6.42. The van der Waals surface area contributed by atoms with E-state index >= 15 is 0 Å². The standard InChI is InChI=1S/C14H20Cl2N2O/c1-5-18(4)14(19)10(3)17-9(2)11-6-7-12(15)13(16)8-11/h6-10,17H,5H2,1-4H3. The maximum absolute atomic E-state index is 12.0. The molecule has 19 heavy (non-hydrogen) atoms. The van der Waals surface area contributed by atoms with E-state index in [9.17, 15) is 4.79 Å². The van der Waals surface area contributed by atoms with Crippen LogP contribution in [0.5, 0.6) is 0 Å². The van der Waals surface area contributed by atoms with Gasteiger partial charge in [-0.2, -0.15) is 0 Å². The molecule has 3 nitrogen and oxygen atoms in total. The van der Waals surface area contributed by atoms with E-state index in [2.05, 4.69) is 5.32 Å². The molecule has 1 amide bonds. The predicted molar refractivity (Wildman–Crippen MR) is 80.8 cm³/mol. The lowest BCUT2D eigenvalue weighted by Gasteiger charge is -2.24. The van der Waals surface area contributed by atoms with Gasteiger partial charge in [0.1, 0.15) is 0 Å². The molecule has 5 heteroatoms. The molecule has 106 valence electrons. The normalized spacial score (nSPS) is 14.0. The van der Waals surface area contributed by atoms with E-state index in [0.717, 1.165) is 5.56 Å². The van der Waals surface area contributed by atoms with Gasteiger partial charge in [-0.15, -0.1) is 0 Å². The van der Waals surface area contributed by atoms with Crippen LogP contribution in [0.15, 0.2) is 18.2 Å². The first-order chi connectivity index (χ1) is 8.86. The van der Waals surface area contributed by atoms with E-state index in [4.69, 9.17) is 23.2 Å². The average Bonchev–Trinajstić information content (AvgIpc) is 2.39. The lowest BCUT2D eigenvalue weighted by atomic mass is 10.1. The molecule has 0 radical (unpaired) electrons. The zero-order valence-electron chi connectivity index (χ0n) is 11.7. The van der Waals surface area contributed by atoms with Crippen molar-refractivity contribution >= 4 is 29.1 Å². The summed E-state index contributed by atoms with van der Waals surface area (Å²) in [5, 5.41) is 4.32. The van der Waals surface area contributed by atoms with Crippen LogP contribution in [-0.2, 0) is 4.79 Å². The second-order valence-corrected chi connectivity index (χ2v) is 5.45. The first-order valence-corrected chi connectivity index (χ1v) is 7.08. The van der Waals surface area contributed by atoms with E-state index in [1.807, 2.05) is 32.9 Å². The summed E-state index contributed by atoms with van der Waals surface area (Å²) in [4.78, 5) is 13.7. The van der Waals surface area contributed by atoms with Crippen LogP contribution in [0.1, 0.15) is 32.4 Å². The van der Waals surface area contributed by atoms with E-state index in [-0.39, 0.29) is 18.0 Å². The maximum atomic E-state index is 12.0. The summed E-state index contributed by atoms with van der Waals surface area (Å²) in [5.74, 6) is 0.0782. The predicted octanol–water partition coefficient (Wildman–Crippen LogP) is 3.51. The molecule has 0 aliphatic rings. The smallest absolute Gasteiger partial charge is 0.239 e. The van der Waals surface area contributed by atoms with Gasteiger partial charge in [0.05, 0.1) is 16.1 Å². The van der Waals surface area contributed by atoms with Crippen molar-refractivity contribution in [1.82, 2.24) is 10.2 Å². The fourth-order valence-electron chi connectivity index (χ4n) is 1.81. The Morgan fingerprint density at radius 2 is 1.95 bits per heavy atom. The van der Waals surface area contributed by atoms with Gasteiger partial charge in [-0.1, -0.05) is 29.3 Å². The number of likely N-dealkylation sites (N-methyl/N-ethyl adjacent to an activating group) is 1. The van der Waals surface area contributed by atoms with Crippen molar-refractivity contribution in [3.05, 3.63) is 33.8 Å². The Hall–Kier alpha value is -0.770. The second kappa shape index (κ2) is 7.13. The lowest BCUT2D eigenvalue weighted by molar-refractivity contribution is -0.131. The van der Waals surface area contributed by atoms with Gasteiger partial charge in [-0.05, 0) is 38.5 Å². The number of nitrogens with one attached hydrogen (secondary N) is 1. The monoisotopic (exact) mass is 302 g/mol. The van der Waals surface area contributed by atoms with E-state index in [1.165, 1.54) is 0 Å². The summed E-state index contributed by atoms with van der Waals surface area (Å²) in [6, 6.07) is 5.28. The zero-order valence-corrected chi connectivity index (χ0v) is 13.2. The van der Waals surface area contributed by atoms with Crippen molar-refractivity contribution in [2.24, 2.45) is 0 Å². The molecule has 0 spiro atoms. The van der Waals surface area contributed by atoms with Crippen LogP contribution < -0.4 is 5.32 Å². The van der Waals surface area contributed by atoms with Gasteiger partial charge in [0.15, 0.2) is 0 Å². The van der Waals surface area contributed by atoms with Crippen molar-refractivity contribution in [3.8, 4) is 0 Å². The maximum Gasteiger partial charge on any atom is 0.239 e. The van der Waals surface area contributed by atoms with E-state index in [0.29, 0.717) is 16.6 Å². The largest absolute Gasteiger partial charge is 0.345 e. The fraction of sp³-hybridized carbons (Fsp3) is 0.500. The molecule has 0 saturated carbocycles. The highest BCUT2D eigenvalue weighted by Crippen LogP contribution is 2.25. The Labute approximate surface area is 124 Å². The van der Waals surface area contributed by atoms with Crippen molar-refractivity contribution < 1.29 is 4.79 Å². The quantitative estimate of drug-likeness (QED) is 0.903. The van der Waals surface area contributed by atoms with Gasteiger partial charge in [-0.3, -0.25) is 10.1 Å². The number of benzene rings is 1. The Bertz CT molecular complexity index is 451. The molecule has 0 aliphatic heterocycles. The van der Waals surface area contributed by atoms with E-state index in [1.54, 1.807) is 18.0 Å². The van der Waals surface area contributed by atoms with Crippen molar-refractivity contribution in [3.63, 3.8) is 0 Å². The molecule has 1 rings (SSSR count). The number of carbonyl (C=O) groups excluding carboxylic acids is 1. The number of hydrogen-bond acceptors (Lipinski definition) is 2. The van der Waals surface area contributed by atoms with Crippen LogP contribution in [0.4, 0.5) is 0 Å². The van der Waals surface area contributed by atoms with Crippen LogP contribution in [0.25, 0.3) is 0 Å². The molecule has 1 aromatic carbocycles. The van der Waals surface area contributed by atoms with Gasteiger partial charge in [0, 0.05) is 19.6 Å². The summed E-state index contributed by atoms with van der Waals surface area (Å²) < 4.78 is 0. The topological polar surface area (TPSA) is 32.3 Å².